The third-order valence-electron chi connectivity index (χ3n) is 6.60. The van der Waals surface area contributed by atoms with Crippen LogP contribution in [0.2, 0.25) is 0 Å². The lowest BCUT2D eigenvalue weighted by Gasteiger charge is -2.28. The van der Waals surface area contributed by atoms with Crippen molar-refractivity contribution in [3.8, 4) is 22.6 Å². The van der Waals surface area contributed by atoms with E-state index >= 15 is 0 Å². The largest absolute Gasteiger partial charge is 0.507 e. The zero-order chi connectivity index (χ0) is 22.2. The maximum absolute atomic E-state index is 13.7. The van der Waals surface area contributed by atoms with E-state index in [1.54, 1.807) is 18.2 Å². The lowest BCUT2D eigenvalue weighted by atomic mass is 9.82. The molecule has 5 heteroatoms. The van der Waals surface area contributed by atoms with Crippen LogP contribution < -0.4 is 0 Å². The smallest absolute Gasteiger partial charge is 0.125 e. The molecule has 0 amide bonds. The number of aliphatic hydroxyl groups excluding tert-OH is 2. The van der Waals surface area contributed by atoms with Gasteiger partial charge in [0.15, 0.2) is 0 Å². The van der Waals surface area contributed by atoms with E-state index in [4.69, 9.17) is 0 Å². The molecule has 3 N–H and O–H groups in total. The maximum Gasteiger partial charge on any atom is 0.125 e. The van der Waals surface area contributed by atoms with Crippen molar-refractivity contribution in [1.29, 1.82) is 0 Å². The topological polar surface area (TPSA) is 65.6 Å². The molecule has 1 saturated carbocycles. The second-order valence-electron chi connectivity index (χ2n) is 8.60. The molecular formula is C27H26FNO3. The second kappa shape index (κ2) is 8.41. The molecule has 5 rings (SSSR count). The fourth-order valence-electron chi connectivity index (χ4n) is 5.01. The lowest BCUT2D eigenvalue weighted by Crippen LogP contribution is -2.19. The van der Waals surface area contributed by atoms with Gasteiger partial charge < -0.3 is 19.9 Å². The Hall–Kier alpha value is -3.15. The number of nitrogens with zero attached hydrogens (tertiary/aromatic N) is 1. The van der Waals surface area contributed by atoms with E-state index in [9.17, 15) is 19.7 Å². The molecule has 1 aliphatic rings. The molecule has 1 aliphatic carbocycles. The molecule has 1 fully saturated rings. The first-order valence-electron chi connectivity index (χ1n) is 11.1. The zero-order valence-corrected chi connectivity index (χ0v) is 17.7. The molecule has 1 heterocycles. The molecule has 0 unspecified atom stereocenters. The van der Waals surface area contributed by atoms with Crippen LogP contribution in [0, 0.1) is 5.82 Å². The summed E-state index contributed by atoms with van der Waals surface area (Å²) in [6, 6.07) is 19.7. The van der Waals surface area contributed by atoms with Crippen LogP contribution in [0.5, 0.6) is 5.75 Å². The highest BCUT2D eigenvalue weighted by Gasteiger charge is 2.30. The van der Waals surface area contributed by atoms with Crippen LogP contribution in [0.1, 0.15) is 42.9 Å². The molecule has 164 valence electrons. The highest BCUT2D eigenvalue weighted by atomic mass is 19.1. The maximum atomic E-state index is 13.7. The summed E-state index contributed by atoms with van der Waals surface area (Å²) in [4.78, 5) is 0. The fourth-order valence-corrected chi connectivity index (χ4v) is 5.01. The number of phenols is 1. The predicted octanol–water partition coefficient (Wildman–Crippen LogP) is 5.65. The Kier molecular flexibility index (Phi) is 5.45. The van der Waals surface area contributed by atoms with Crippen molar-refractivity contribution in [1.82, 2.24) is 4.57 Å². The average Bonchev–Trinajstić information content (AvgIpc) is 3.16. The van der Waals surface area contributed by atoms with Gasteiger partial charge in [-0.3, -0.25) is 0 Å². The Morgan fingerprint density at radius 2 is 1.56 bits per heavy atom. The van der Waals surface area contributed by atoms with Crippen LogP contribution in [0.4, 0.5) is 4.39 Å². The summed E-state index contributed by atoms with van der Waals surface area (Å²) in [7, 11) is 0. The summed E-state index contributed by atoms with van der Waals surface area (Å²) < 4.78 is 15.9. The third-order valence-corrected chi connectivity index (χ3v) is 6.60. The Labute approximate surface area is 186 Å². The number of aromatic nitrogens is 1. The summed E-state index contributed by atoms with van der Waals surface area (Å²) in [6.45, 7) is -0.0315. The van der Waals surface area contributed by atoms with Gasteiger partial charge in [0, 0.05) is 28.2 Å². The van der Waals surface area contributed by atoms with E-state index in [0.717, 1.165) is 64.7 Å². The van der Waals surface area contributed by atoms with Crippen molar-refractivity contribution in [3.63, 3.8) is 0 Å². The molecule has 1 aromatic heterocycles. The Morgan fingerprint density at radius 3 is 2.22 bits per heavy atom. The number of halogens is 1. The number of hydrogen-bond donors (Lipinski definition) is 3. The minimum Gasteiger partial charge on any atom is -0.507 e. The molecule has 0 spiro atoms. The highest BCUT2D eigenvalue weighted by Crippen LogP contribution is 2.47. The summed E-state index contributed by atoms with van der Waals surface area (Å²) in [5.74, 6) is 0.0830. The monoisotopic (exact) mass is 431 g/mol. The van der Waals surface area contributed by atoms with Crippen LogP contribution in [-0.2, 0) is 6.61 Å². The van der Waals surface area contributed by atoms with E-state index < -0.39 is 0 Å². The van der Waals surface area contributed by atoms with Crippen molar-refractivity contribution < 1.29 is 19.7 Å². The molecule has 0 aliphatic heterocycles. The standard InChI is InChI=1S/C27H26FNO3/c28-20-10-12-21(13-11-20)29-23-2-1-3-24(32)26(23)25(18-6-4-17(16-30)5-7-18)27(29)19-8-14-22(31)15-9-19/h1-7,10-13,19,22,30-32H,8-9,14-16H2/t19-,22-. The van der Waals surface area contributed by atoms with E-state index in [1.165, 1.54) is 12.1 Å². The van der Waals surface area contributed by atoms with Gasteiger partial charge in [-0.2, -0.15) is 0 Å². The highest BCUT2D eigenvalue weighted by molar-refractivity contribution is 6.03. The minimum atomic E-state index is -0.296. The van der Waals surface area contributed by atoms with Gasteiger partial charge in [-0.1, -0.05) is 30.3 Å². The molecule has 0 bridgehead atoms. The van der Waals surface area contributed by atoms with Gasteiger partial charge in [-0.15, -0.1) is 0 Å². The number of hydrogen-bond acceptors (Lipinski definition) is 3. The van der Waals surface area contributed by atoms with Gasteiger partial charge in [0.2, 0.25) is 0 Å². The van der Waals surface area contributed by atoms with Crippen molar-refractivity contribution >= 4 is 10.9 Å². The normalized spacial score (nSPS) is 18.8. The fraction of sp³-hybridized carbons (Fsp3) is 0.259. The first-order valence-corrected chi connectivity index (χ1v) is 11.1. The van der Waals surface area contributed by atoms with Crippen LogP contribution >= 0.6 is 0 Å². The Balaban J connectivity index is 1.83. The predicted molar refractivity (Wildman–Crippen MR) is 123 cm³/mol. The van der Waals surface area contributed by atoms with E-state index in [1.807, 2.05) is 36.4 Å². The quantitative estimate of drug-likeness (QED) is 0.391. The average molecular weight is 432 g/mol. The molecule has 0 saturated heterocycles. The zero-order valence-electron chi connectivity index (χ0n) is 17.7. The van der Waals surface area contributed by atoms with Gasteiger partial charge in [0.05, 0.1) is 18.2 Å². The van der Waals surface area contributed by atoms with Crippen LogP contribution in [-0.4, -0.2) is 26.0 Å². The van der Waals surface area contributed by atoms with Crippen LogP contribution in [0.25, 0.3) is 27.7 Å². The van der Waals surface area contributed by atoms with Gasteiger partial charge in [0.1, 0.15) is 11.6 Å². The van der Waals surface area contributed by atoms with Crippen molar-refractivity contribution in [2.45, 2.75) is 44.3 Å². The van der Waals surface area contributed by atoms with E-state index in [2.05, 4.69) is 4.57 Å². The van der Waals surface area contributed by atoms with Crippen molar-refractivity contribution in [2.24, 2.45) is 0 Å². The number of benzene rings is 3. The minimum absolute atomic E-state index is 0.0315. The number of rotatable bonds is 4. The van der Waals surface area contributed by atoms with Gasteiger partial charge >= 0.3 is 0 Å². The number of aliphatic hydroxyl groups is 2. The molecule has 32 heavy (non-hydrogen) atoms. The van der Waals surface area contributed by atoms with Crippen molar-refractivity contribution in [3.05, 3.63) is 83.8 Å². The first-order chi connectivity index (χ1) is 15.6. The molecule has 4 aromatic rings. The molecule has 3 aromatic carbocycles. The van der Waals surface area contributed by atoms with E-state index in [0.29, 0.717) is 0 Å². The van der Waals surface area contributed by atoms with E-state index in [-0.39, 0.29) is 30.2 Å². The summed E-state index contributed by atoms with van der Waals surface area (Å²) in [6.07, 6.45) is 2.84. The summed E-state index contributed by atoms with van der Waals surface area (Å²) in [5, 5.41) is 31.3. The number of aromatic hydroxyl groups is 1. The van der Waals surface area contributed by atoms with Gasteiger partial charge in [0.25, 0.3) is 0 Å². The first kappa shape index (κ1) is 20.7. The molecule has 0 atom stereocenters. The number of fused-ring (bicyclic) bond motifs is 1. The third kappa shape index (κ3) is 3.57. The molecular weight excluding hydrogens is 405 g/mol. The molecule has 4 nitrogen and oxygen atoms in total. The van der Waals surface area contributed by atoms with Gasteiger partial charge in [-0.05, 0) is 73.2 Å². The number of phenolic OH excluding ortho intramolecular Hbond substituents is 1. The van der Waals surface area contributed by atoms with Crippen LogP contribution in [0.3, 0.4) is 0 Å². The SMILES string of the molecule is OCc1ccc(-c2c3c(O)cccc3n(-c3ccc(F)cc3)c2[C@H]2CC[C@H](O)CC2)cc1. The summed E-state index contributed by atoms with van der Waals surface area (Å²) in [5.41, 5.74) is 5.49. The van der Waals surface area contributed by atoms with Crippen molar-refractivity contribution in [2.75, 3.05) is 0 Å². The lowest BCUT2D eigenvalue weighted by molar-refractivity contribution is 0.122. The molecule has 0 radical (unpaired) electrons. The Morgan fingerprint density at radius 1 is 0.875 bits per heavy atom. The van der Waals surface area contributed by atoms with Crippen LogP contribution in [0.15, 0.2) is 66.7 Å². The Bertz CT molecular complexity index is 1240. The summed E-state index contributed by atoms with van der Waals surface area (Å²) >= 11 is 0. The van der Waals surface area contributed by atoms with Gasteiger partial charge in [-0.25, -0.2) is 4.39 Å². The second-order valence-corrected chi connectivity index (χ2v) is 8.60.